The predicted octanol–water partition coefficient (Wildman–Crippen LogP) is 0.509. The molecule has 0 aromatic rings. The molecule has 1 aliphatic rings. The zero-order valence-electron chi connectivity index (χ0n) is 9.04. The first kappa shape index (κ1) is 11.2. The van der Waals surface area contributed by atoms with Gasteiger partial charge in [0, 0.05) is 25.4 Å². The first-order chi connectivity index (χ1) is 6.32. The minimum Gasteiger partial charge on any atom is -0.326 e. The molecule has 1 saturated heterocycles. The van der Waals surface area contributed by atoms with Crippen LogP contribution in [0.15, 0.2) is 0 Å². The van der Waals surface area contributed by atoms with Crippen molar-refractivity contribution in [3.05, 3.63) is 0 Å². The van der Waals surface area contributed by atoms with Crippen LogP contribution in [0.4, 0.5) is 0 Å². The summed E-state index contributed by atoms with van der Waals surface area (Å²) in [6.07, 6.45) is 0.872. The van der Waals surface area contributed by atoms with Gasteiger partial charge in [-0.25, -0.2) is 0 Å². The molecule has 0 aromatic carbocycles. The molecular weight excluding hydrogens is 180 g/mol. The van der Waals surface area contributed by atoms with Crippen LogP contribution in [0.2, 0.25) is 0 Å². The third-order valence-electron chi connectivity index (χ3n) is 2.33. The van der Waals surface area contributed by atoms with Crippen LogP contribution >= 0.6 is 0 Å². The number of carbonyl (C=O) groups excluding carboxylic acids is 2. The number of hydrogen-bond donors (Lipinski definition) is 1. The fourth-order valence-electron chi connectivity index (χ4n) is 1.70. The molecule has 2 N–H and O–H groups in total. The lowest BCUT2D eigenvalue weighted by atomic mass is 9.81. The Kier molecular flexibility index (Phi) is 2.95. The lowest BCUT2D eigenvalue weighted by Crippen LogP contribution is -2.49. The monoisotopic (exact) mass is 198 g/mol. The number of likely N-dealkylation sites (tertiary alicyclic amines) is 1. The lowest BCUT2D eigenvalue weighted by Gasteiger charge is -2.35. The first-order valence-corrected chi connectivity index (χ1v) is 4.90. The normalized spacial score (nSPS) is 23.9. The summed E-state index contributed by atoms with van der Waals surface area (Å²) in [7, 11) is 0. The topological polar surface area (TPSA) is 63.4 Å². The summed E-state index contributed by atoms with van der Waals surface area (Å²) < 4.78 is 0. The summed E-state index contributed by atoms with van der Waals surface area (Å²) in [5, 5.41) is 0. The Bertz CT molecular complexity index is 239. The Balaban J connectivity index is 2.71. The van der Waals surface area contributed by atoms with Gasteiger partial charge in [-0.1, -0.05) is 13.8 Å². The SMILES string of the molecule is C[C@H](N)CN1C(=O)CC(C)(C)CC1=O. The quantitative estimate of drug-likeness (QED) is 0.657. The van der Waals surface area contributed by atoms with E-state index in [9.17, 15) is 9.59 Å². The second-order valence-corrected chi connectivity index (χ2v) is 4.89. The van der Waals surface area contributed by atoms with Crippen LogP contribution in [-0.2, 0) is 9.59 Å². The standard InChI is InChI=1S/C10H18N2O2/c1-7(11)6-12-8(13)4-10(2,3)5-9(12)14/h7H,4-6,11H2,1-3H3/t7-/m0/s1. The summed E-state index contributed by atoms with van der Waals surface area (Å²) in [4.78, 5) is 24.5. The summed E-state index contributed by atoms with van der Waals surface area (Å²) in [6, 6.07) is -0.149. The molecule has 0 bridgehead atoms. The van der Waals surface area contributed by atoms with Gasteiger partial charge in [0.1, 0.15) is 0 Å². The van der Waals surface area contributed by atoms with Crippen molar-refractivity contribution in [2.45, 2.75) is 39.7 Å². The molecule has 0 aromatic heterocycles. The fraction of sp³-hybridized carbons (Fsp3) is 0.800. The Hall–Kier alpha value is -0.900. The van der Waals surface area contributed by atoms with E-state index in [-0.39, 0.29) is 23.3 Å². The Morgan fingerprint density at radius 3 is 2.14 bits per heavy atom. The van der Waals surface area contributed by atoms with Crippen molar-refractivity contribution in [3.8, 4) is 0 Å². The van der Waals surface area contributed by atoms with Gasteiger partial charge in [0.2, 0.25) is 11.8 Å². The number of rotatable bonds is 2. The van der Waals surface area contributed by atoms with Gasteiger partial charge in [0.05, 0.1) is 0 Å². The third kappa shape index (κ3) is 2.54. The number of piperidine rings is 1. The summed E-state index contributed by atoms with van der Waals surface area (Å²) >= 11 is 0. The maximum atomic E-state index is 11.6. The molecule has 1 heterocycles. The van der Waals surface area contributed by atoms with Crippen molar-refractivity contribution >= 4 is 11.8 Å². The van der Waals surface area contributed by atoms with E-state index in [4.69, 9.17) is 5.73 Å². The Morgan fingerprint density at radius 2 is 1.79 bits per heavy atom. The Morgan fingerprint density at radius 1 is 1.36 bits per heavy atom. The summed E-state index contributed by atoms with van der Waals surface area (Å²) in [5.74, 6) is -0.188. The van der Waals surface area contributed by atoms with Crippen molar-refractivity contribution in [2.75, 3.05) is 6.54 Å². The maximum absolute atomic E-state index is 11.6. The van der Waals surface area contributed by atoms with E-state index in [1.165, 1.54) is 4.90 Å². The number of carbonyl (C=O) groups is 2. The average molecular weight is 198 g/mol. The van der Waals surface area contributed by atoms with E-state index in [2.05, 4.69) is 0 Å². The number of nitrogens with two attached hydrogens (primary N) is 1. The second kappa shape index (κ2) is 3.69. The van der Waals surface area contributed by atoms with Crippen molar-refractivity contribution < 1.29 is 9.59 Å². The van der Waals surface area contributed by atoms with E-state index < -0.39 is 0 Å². The van der Waals surface area contributed by atoms with Crippen LogP contribution in [-0.4, -0.2) is 29.3 Å². The molecule has 0 radical (unpaired) electrons. The zero-order valence-corrected chi connectivity index (χ0v) is 9.04. The molecule has 0 aliphatic carbocycles. The highest BCUT2D eigenvalue weighted by molar-refractivity contribution is 5.98. The lowest BCUT2D eigenvalue weighted by molar-refractivity contribution is -0.152. The van der Waals surface area contributed by atoms with Crippen LogP contribution in [0.1, 0.15) is 33.6 Å². The smallest absolute Gasteiger partial charge is 0.229 e. The number of imide groups is 1. The van der Waals surface area contributed by atoms with Crippen LogP contribution < -0.4 is 5.73 Å². The molecule has 0 unspecified atom stereocenters. The van der Waals surface area contributed by atoms with E-state index in [1.807, 2.05) is 13.8 Å². The van der Waals surface area contributed by atoms with Gasteiger partial charge < -0.3 is 5.73 Å². The minimum atomic E-state index is -0.192. The third-order valence-corrected chi connectivity index (χ3v) is 2.33. The van der Waals surface area contributed by atoms with Crippen molar-refractivity contribution in [1.29, 1.82) is 0 Å². The largest absolute Gasteiger partial charge is 0.326 e. The molecule has 1 aliphatic heterocycles. The minimum absolute atomic E-state index is 0.0939. The molecule has 1 fully saturated rings. The molecule has 4 heteroatoms. The maximum Gasteiger partial charge on any atom is 0.229 e. The van der Waals surface area contributed by atoms with Gasteiger partial charge in [0.15, 0.2) is 0 Å². The molecular formula is C10H18N2O2. The molecule has 1 rings (SSSR count). The number of hydrogen-bond acceptors (Lipinski definition) is 3. The number of nitrogens with zero attached hydrogens (tertiary/aromatic N) is 1. The van der Waals surface area contributed by atoms with E-state index in [0.29, 0.717) is 19.4 Å². The fourth-order valence-corrected chi connectivity index (χ4v) is 1.70. The van der Waals surface area contributed by atoms with Crippen molar-refractivity contribution in [2.24, 2.45) is 11.1 Å². The first-order valence-electron chi connectivity index (χ1n) is 4.90. The highest BCUT2D eigenvalue weighted by Gasteiger charge is 2.37. The zero-order chi connectivity index (χ0) is 10.9. The van der Waals surface area contributed by atoms with E-state index in [0.717, 1.165) is 0 Å². The van der Waals surface area contributed by atoms with E-state index in [1.54, 1.807) is 6.92 Å². The summed E-state index contributed by atoms with van der Waals surface area (Å²) in [5.41, 5.74) is 5.38. The van der Waals surface area contributed by atoms with Crippen LogP contribution in [0.3, 0.4) is 0 Å². The summed E-state index contributed by atoms with van der Waals surface area (Å²) in [6.45, 7) is 6.01. The van der Waals surface area contributed by atoms with Crippen LogP contribution in [0.5, 0.6) is 0 Å². The van der Waals surface area contributed by atoms with Gasteiger partial charge in [0.25, 0.3) is 0 Å². The van der Waals surface area contributed by atoms with Crippen LogP contribution in [0.25, 0.3) is 0 Å². The molecule has 2 amide bonds. The number of amides is 2. The molecule has 0 saturated carbocycles. The second-order valence-electron chi connectivity index (χ2n) is 4.89. The van der Waals surface area contributed by atoms with E-state index >= 15 is 0 Å². The van der Waals surface area contributed by atoms with Crippen molar-refractivity contribution in [3.63, 3.8) is 0 Å². The molecule has 4 nitrogen and oxygen atoms in total. The average Bonchev–Trinajstić information content (AvgIpc) is 1.94. The highest BCUT2D eigenvalue weighted by atomic mass is 16.2. The molecule has 80 valence electrons. The van der Waals surface area contributed by atoms with Crippen LogP contribution in [0, 0.1) is 5.41 Å². The van der Waals surface area contributed by atoms with Crippen molar-refractivity contribution in [1.82, 2.24) is 4.90 Å². The van der Waals surface area contributed by atoms with Gasteiger partial charge in [-0.05, 0) is 12.3 Å². The van der Waals surface area contributed by atoms with Gasteiger partial charge in [-0.2, -0.15) is 0 Å². The molecule has 0 spiro atoms. The predicted molar refractivity (Wildman–Crippen MR) is 53.4 cm³/mol. The van der Waals surface area contributed by atoms with Gasteiger partial charge in [-0.15, -0.1) is 0 Å². The molecule has 1 atom stereocenters. The van der Waals surface area contributed by atoms with Gasteiger partial charge >= 0.3 is 0 Å². The van der Waals surface area contributed by atoms with Gasteiger partial charge in [-0.3, -0.25) is 14.5 Å². The Labute approximate surface area is 84.4 Å². The molecule has 14 heavy (non-hydrogen) atoms. The highest BCUT2D eigenvalue weighted by Crippen LogP contribution is 2.31.